The number of carboxylic acids is 1. The average Bonchev–Trinajstić information content (AvgIpc) is 2.67. The zero-order valence-corrected chi connectivity index (χ0v) is 18.1. The monoisotopic (exact) mass is 464 g/mol. The Hall–Kier alpha value is -2.42. The molecule has 0 fully saturated rings. The molecule has 0 heterocycles. The second kappa shape index (κ2) is 14.6. The number of unbranched alkanes of at least 4 members (excludes halogenated alkanes) is 1. The number of carboxylic acid groups (broad SMARTS) is 1. The number of carbonyl (C=O) groups is 5. The van der Waals surface area contributed by atoms with Gasteiger partial charge in [0.15, 0.2) is 6.04 Å². The summed E-state index contributed by atoms with van der Waals surface area (Å²) in [6.45, 7) is 1.55. The highest BCUT2D eigenvalue weighted by molar-refractivity contribution is 7.80. The van der Waals surface area contributed by atoms with Gasteiger partial charge in [0.25, 0.3) is 0 Å². The van der Waals surface area contributed by atoms with E-state index in [2.05, 4.69) is 28.6 Å². The third-order valence-electron chi connectivity index (χ3n) is 4.20. The Morgan fingerprint density at radius 1 is 0.968 bits per heavy atom. The van der Waals surface area contributed by atoms with Crippen molar-refractivity contribution < 1.29 is 34.2 Å². The van der Waals surface area contributed by atoms with Gasteiger partial charge in [-0.15, -0.1) is 0 Å². The number of aliphatic hydroxyl groups excluding tert-OH is 1. The van der Waals surface area contributed by atoms with Crippen LogP contribution in [0.15, 0.2) is 0 Å². The summed E-state index contributed by atoms with van der Waals surface area (Å²) in [6.07, 6.45) is -0.586. The molecule has 31 heavy (non-hydrogen) atoms. The van der Waals surface area contributed by atoms with Crippen LogP contribution in [0, 0.1) is 0 Å². The topological polar surface area (TPSA) is 240 Å². The molecular weight excluding hydrogens is 432 g/mol. The Balaban J connectivity index is 5.25. The van der Waals surface area contributed by atoms with Gasteiger partial charge in [0, 0.05) is 5.75 Å². The van der Waals surface area contributed by atoms with E-state index in [1.165, 1.54) is 6.92 Å². The quantitative estimate of drug-likeness (QED) is 0.0850. The maximum Gasteiger partial charge on any atom is 0.328 e. The molecule has 5 atom stereocenters. The molecule has 0 aliphatic carbocycles. The van der Waals surface area contributed by atoms with Gasteiger partial charge in [-0.1, -0.05) is 0 Å². The lowest BCUT2D eigenvalue weighted by Crippen LogP contribution is -2.59. The maximum absolute atomic E-state index is 12.7. The van der Waals surface area contributed by atoms with E-state index >= 15 is 0 Å². The molecule has 5 unspecified atom stereocenters. The summed E-state index contributed by atoms with van der Waals surface area (Å²) in [4.78, 5) is 59.3. The summed E-state index contributed by atoms with van der Waals surface area (Å²) in [5.41, 5.74) is 16.0. The molecule has 0 saturated heterocycles. The van der Waals surface area contributed by atoms with Gasteiger partial charge < -0.3 is 43.4 Å². The summed E-state index contributed by atoms with van der Waals surface area (Å²) in [5.74, 6) is -4.83. The molecule has 0 aromatic carbocycles. The molecule has 14 heteroatoms. The Morgan fingerprint density at radius 2 is 1.52 bits per heavy atom. The molecule has 178 valence electrons. The van der Waals surface area contributed by atoms with Crippen LogP contribution in [0.25, 0.3) is 0 Å². The van der Waals surface area contributed by atoms with Crippen LogP contribution in [-0.2, 0) is 24.0 Å². The third-order valence-corrected chi connectivity index (χ3v) is 4.56. The second-order valence-corrected chi connectivity index (χ2v) is 7.30. The lowest BCUT2D eigenvalue weighted by atomic mass is 10.1. The number of primary amides is 1. The largest absolute Gasteiger partial charge is 0.480 e. The third kappa shape index (κ3) is 11.0. The van der Waals surface area contributed by atoms with Crippen LogP contribution in [-0.4, -0.2) is 82.4 Å². The van der Waals surface area contributed by atoms with Crippen molar-refractivity contribution >= 4 is 42.2 Å². The Morgan fingerprint density at radius 3 is 1.97 bits per heavy atom. The number of hydrogen-bond acceptors (Lipinski definition) is 9. The molecule has 0 rings (SSSR count). The molecule has 0 aliphatic heterocycles. The number of amides is 4. The Bertz CT molecular complexity index is 648. The van der Waals surface area contributed by atoms with E-state index in [9.17, 15) is 29.1 Å². The minimum absolute atomic E-state index is 0.171. The van der Waals surface area contributed by atoms with E-state index in [-0.39, 0.29) is 12.2 Å². The van der Waals surface area contributed by atoms with Gasteiger partial charge in [-0.05, 0) is 32.7 Å². The number of rotatable bonds is 15. The van der Waals surface area contributed by atoms with Gasteiger partial charge in [-0.2, -0.15) is 12.6 Å². The zero-order valence-electron chi connectivity index (χ0n) is 17.2. The number of nitrogens with two attached hydrogens (primary N) is 3. The van der Waals surface area contributed by atoms with Crippen molar-refractivity contribution in [1.82, 2.24) is 16.0 Å². The number of aliphatic carboxylic acids is 1. The lowest BCUT2D eigenvalue weighted by molar-refractivity contribution is -0.145. The molecule has 0 bridgehead atoms. The summed E-state index contributed by atoms with van der Waals surface area (Å²) in [7, 11) is 0. The van der Waals surface area contributed by atoms with Crippen LogP contribution in [0.4, 0.5) is 0 Å². The van der Waals surface area contributed by atoms with Crippen LogP contribution < -0.4 is 33.2 Å². The molecular formula is C17H32N6O7S. The van der Waals surface area contributed by atoms with Crippen molar-refractivity contribution in [3.8, 4) is 0 Å². The molecule has 0 aliphatic rings. The van der Waals surface area contributed by atoms with E-state index in [0.29, 0.717) is 19.4 Å². The summed E-state index contributed by atoms with van der Waals surface area (Å²) < 4.78 is 0. The molecule has 13 nitrogen and oxygen atoms in total. The molecule has 0 aromatic heterocycles. The van der Waals surface area contributed by atoms with Gasteiger partial charge in [0.05, 0.1) is 18.6 Å². The fourth-order valence-corrected chi connectivity index (χ4v) is 2.72. The minimum Gasteiger partial charge on any atom is -0.480 e. The van der Waals surface area contributed by atoms with E-state index in [1.54, 1.807) is 0 Å². The first-order valence-corrected chi connectivity index (χ1v) is 10.2. The first-order chi connectivity index (χ1) is 14.4. The van der Waals surface area contributed by atoms with Crippen molar-refractivity contribution in [1.29, 1.82) is 0 Å². The fraction of sp³-hybridized carbons (Fsp3) is 0.706. The number of aliphatic hydroxyl groups is 1. The number of nitrogens with one attached hydrogen (secondary N) is 3. The first-order valence-electron chi connectivity index (χ1n) is 9.61. The highest BCUT2D eigenvalue weighted by Crippen LogP contribution is 2.04. The van der Waals surface area contributed by atoms with E-state index < -0.39 is 66.3 Å². The Labute approximate surface area is 185 Å². The average molecular weight is 465 g/mol. The fourth-order valence-electron chi connectivity index (χ4n) is 2.46. The maximum atomic E-state index is 12.7. The van der Waals surface area contributed by atoms with Gasteiger partial charge in [-0.25, -0.2) is 4.79 Å². The van der Waals surface area contributed by atoms with Crippen LogP contribution >= 0.6 is 12.6 Å². The molecule has 0 radical (unpaired) electrons. The predicted octanol–water partition coefficient (Wildman–Crippen LogP) is -3.83. The number of carbonyl (C=O) groups excluding carboxylic acids is 4. The SMILES string of the molecule is CC(O)C(NC(=O)C(CS)NC(=O)C(CCCCN)NC(=O)C(N)CC(N)=O)C(=O)O. The predicted molar refractivity (Wildman–Crippen MR) is 114 cm³/mol. The van der Waals surface area contributed by atoms with Crippen molar-refractivity contribution in [2.24, 2.45) is 17.2 Å². The zero-order chi connectivity index (χ0) is 24.1. The molecule has 0 spiro atoms. The molecule has 11 N–H and O–H groups in total. The lowest BCUT2D eigenvalue weighted by Gasteiger charge is -2.25. The highest BCUT2D eigenvalue weighted by atomic mass is 32.1. The molecule has 0 aromatic rings. The van der Waals surface area contributed by atoms with E-state index in [1.807, 2.05) is 0 Å². The van der Waals surface area contributed by atoms with E-state index in [0.717, 1.165) is 0 Å². The summed E-state index contributed by atoms with van der Waals surface area (Å²) in [5, 5.41) is 25.5. The first kappa shape index (κ1) is 28.6. The second-order valence-electron chi connectivity index (χ2n) is 6.93. The molecule has 0 saturated carbocycles. The van der Waals surface area contributed by atoms with Crippen molar-refractivity contribution in [3.63, 3.8) is 0 Å². The van der Waals surface area contributed by atoms with Gasteiger partial charge >= 0.3 is 5.97 Å². The normalized spacial score (nSPS) is 15.6. The highest BCUT2D eigenvalue weighted by Gasteiger charge is 2.31. The van der Waals surface area contributed by atoms with E-state index in [4.69, 9.17) is 22.3 Å². The van der Waals surface area contributed by atoms with Gasteiger partial charge in [0.1, 0.15) is 12.1 Å². The Kier molecular flexibility index (Phi) is 13.4. The molecule has 4 amide bonds. The van der Waals surface area contributed by atoms with Crippen molar-refractivity contribution in [2.45, 2.75) is 62.9 Å². The summed E-state index contributed by atoms with van der Waals surface area (Å²) in [6, 6.07) is -5.18. The van der Waals surface area contributed by atoms with Crippen LogP contribution in [0.5, 0.6) is 0 Å². The van der Waals surface area contributed by atoms with Crippen molar-refractivity contribution in [3.05, 3.63) is 0 Å². The number of thiol groups is 1. The minimum atomic E-state index is -1.58. The number of hydrogen-bond donors (Lipinski definition) is 9. The smallest absolute Gasteiger partial charge is 0.328 e. The van der Waals surface area contributed by atoms with Crippen molar-refractivity contribution in [2.75, 3.05) is 12.3 Å². The van der Waals surface area contributed by atoms with Gasteiger partial charge in [0.2, 0.25) is 23.6 Å². The van der Waals surface area contributed by atoms with Gasteiger partial charge in [-0.3, -0.25) is 19.2 Å². The van der Waals surface area contributed by atoms with Crippen LogP contribution in [0.3, 0.4) is 0 Å². The standard InChI is InChI=1S/C17H32N6O7S/c1-8(24)13(17(29)30)23-16(28)11(7-31)22-15(27)10(4-2-3-5-18)21-14(26)9(19)6-12(20)25/h8-11,13,24,31H,2-7,18-19H2,1H3,(H2,20,25)(H,21,26)(H,22,27)(H,23,28)(H,29,30). The summed E-state index contributed by atoms with van der Waals surface area (Å²) >= 11 is 3.99. The van der Waals surface area contributed by atoms with Crippen LogP contribution in [0.2, 0.25) is 0 Å². The van der Waals surface area contributed by atoms with Crippen LogP contribution in [0.1, 0.15) is 32.6 Å².